The summed E-state index contributed by atoms with van der Waals surface area (Å²) >= 11 is 0. The van der Waals surface area contributed by atoms with Crippen molar-refractivity contribution in [3.05, 3.63) is 24.3 Å². The highest BCUT2D eigenvalue weighted by Crippen LogP contribution is 2.31. The van der Waals surface area contributed by atoms with Crippen LogP contribution < -0.4 is 0 Å². The van der Waals surface area contributed by atoms with E-state index in [4.69, 9.17) is 4.55 Å². The van der Waals surface area contributed by atoms with Gasteiger partial charge in [-0.15, -0.1) is 5.10 Å². The highest BCUT2D eigenvalue weighted by Gasteiger charge is 2.22. The van der Waals surface area contributed by atoms with Crippen LogP contribution in [0.15, 0.2) is 34.1 Å². The first-order valence-corrected chi connectivity index (χ1v) is 8.28. The maximum absolute atomic E-state index is 11.5. The van der Waals surface area contributed by atoms with E-state index in [1.807, 2.05) is 0 Å². The Hall–Kier alpha value is -2.08. The molecule has 11 heteroatoms. The largest absolute Gasteiger partial charge is 0.295 e. The molecule has 0 spiro atoms. The van der Waals surface area contributed by atoms with Gasteiger partial charge in [-0.25, -0.2) is 0 Å². The number of nitrogens with one attached hydrogen (secondary N) is 1. The molecule has 0 aliphatic heterocycles. The Labute approximate surface area is 118 Å². The first-order valence-electron chi connectivity index (χ1n) is 5.40. The molecule has 0 aliphatic rings. The molecular formula is C10H7N3O6S2. The van der Waals surface area contributed by atoms with Crippen LogP contribution in [-0.2, 0) is 20.2 Å². The predicted octanol–water partition coefficient (Wildman–Crippen LogP) is 0.605. The third-order valence-corrected chi connectivity index (χ3v) is 4.64. The summed E-state index contributed by atoms with van der Waals surface area (Å²) in [6.45, 7) is 0. The Morgan fingerprint density at radius 2 is 1.71 bits per heavy atom. The highest BCUT2D eigenvalue weighted by molar-refractivity contribution is 7.86. The van der Waals surface area contributed by atoms with E-state index in [0.717, 1.165) is 6.07 Å². The number of aromatic amines is 1. The van der Waals surface area contributed by atoms with E-state index in [1.165, 1.54) is 12.1 Å². The van der Waals surface area contributed by atoms with Crippen LogP contribution in [0.25, 0.3) is 21.8 Å². The highest BCUT2D eigenvalue weighted by atomic mass is 32.2. The SMILES string of the molecule is O=S(=O)(O)c1cc(S(=O)(=O)O)c2c(ccc3nn[nH]c32)c1. The Balaban J connectivity index is 2.62. The lowest BCUT2D eigenvalue weighted by Gasteiger charge is -2.07. The minimum Gasteiger partial charge on any atom is -0.282 e. The smallest absolute Gasteiger partial charge is 0.282 e. The maximum Gasteiger partial charge on any atom is 0.295 e. The molecular weight excluding hydrogens is 322 g/mol. The molecule has 1 aromatic heterocycles. The average Bonchev–Trinajstić information content (AvgIpc) is 2.83. The molecule has 9 nitrogen and oxygen atoms in total. The molecule has 0 saturated carbocycles. The lowest BCUT2D eigenvalue weighted by molar-refractivity contribution is 0.482. The van der Waals surface area contributed by atoms with Gasteiger partial charge in [0, 0.05) is 5.39 Å². The molecule has 110 valence electrons. The number of aromatic nitrogens is 3. The molecule has 0 atom stereocenters. The molecule has 0 radical (unpaired) electrons. The standard InChI is InChI=1S/C10H7N3O6S2/c14-20(15,16)6-3-5-1-2-7-10(12-13-11-7)9(5)8(4-6)21(17,18)19/h1-4H,(H,11,12,13)(H,14,15,16)(H,17,18,19). The summed E-state index contributed by atoms with van der Waals surface area (Å²) < 4.78 is 63.9. The van der Waals surface area contributed by atoms with Gasteiger partial charge in [0.1, 0.15) is 10.4 Å². The second-order valence-electron chi connectivity index (χ2n) is 4.24. The van der Waals surface area contributed by atoms with Gasteiger partial charge < -0.3 is 0 Å². The predicted molar refractivity (Wildman–Crippen MR) is 71.0 cm³/mol. The van der Waals surface area contributed by atoms with Crippen molar-refractivity contribution in [3.8, 4) is 0 Å². The van der Waals surface area contributed by atoms with Crippen molar-refractivity contribution in [3.63, 3.8) is 0 Å². The number of hydrogen-bond donors (Lipinski definition) is 3. The molecule has 0 aliphatic carbocycles. The zero-order chi connectivity index (χ0) is 15.4. The molecule has 0 amide bonds. The van der Waals surface area contributed by atoms with Gasteiger partial charge in [-0.05, 0) is 23.6 Å². The zero-order valence-corrected chi connectivity index (χ0v) is 11.7. The van der Waals surface area contributed by atoms with Crippen molar-refractivity contribution in [1.29, 1.82) is 0 Å². The van der Waals surface area contributed by atoms with Crippen molar-refractivity contribution >= 4 is 42.0 Å². The number of fused-ring (bicyclic) bond motifs is 3. The van der Waals surface area contributed by atoms with Gasteiger partial charge in [0.15, 0.2) is 0 Å². The van der Waals surface area contributed by atoms with E-state index in [-0.39, 0.29) is 16.3 Å². The second-order valence-corrected chi connectivity index (χ2v) is 7.05. The molecule has 0 fully saturated rings. The Bertz CT molecular complexity index is 1080. The van der Waals surface area contributed by atoms with Crippen LogP contribution in [0.5, 0.6) is 0 Å². The van der Waals surface area contributed by atoms with Gasteiger partial charge in [-0.1, -0.05) is 11.3 Å². The van der Waals surface area contributed by atoms with E-state index in [9.17, 15) is 21.4 Å². The summed E-state index contributed by atoms with van der Waals surface area (Å²) in [5, 5.41) is 9.94. The first kappa shape index (κ1) is 13.9. The molecule has 0 bridgehead atoms. The summed E-state index contributed by atoms with van der Waals surface area (Å²) in [4.78, 5) is -1.31. The summed E-state index contributed by atoms with van der Waals surface area (Å²) in [7, 11) is -9.37. The van der Waals surface area contributed by atoms with Gasteiger partial charge in [-0.2, -0.15) is 16.8 Å². The van der Waals surface area contributed by atoms with E-state index >= 15 is 0 Å². The molecule has 21 heavy (non-hydrogen) atoms. The Kier molecular flexibility index (Phi) is 2.78. The van der Waals surface area contributed by atoms with Crippen LogP contribution in [0.4, 0.5) is 0 Å². The lowest BCUT2D eigenvalue weighted by atomic mass is 10.1. The fourth-order valence-corrected chi connectivity index (χ4v) is 3.44. The number of H-pyrrole nitrogens is 1. The van der Waals surface area contributed by atoms with Crippen LogP contribution in [0.3, 0.4) is 0 Å². The second kappa shape index (κ2) is 4.21. The normalized spacial score (nSPS) is 13.0. The van der Waals surface area contributed by atoms with E-state index in [0.29, 0.717) is 11.6 Å². The first-order chi connectivity index (χ1) is 9.68. The Morgan fingerprint density at radius 3 is 2.33 bits per heavy atom. The maximum atomic E-state index is 11.5. The average molecular weight is 329 g/mol. The van der Waals surface area contributed by atoms with Gasteiger partial charge in [-0.3, -0.25) is 14.2 Å². The fraction of sp³-hybridized carbons (Fsp3) is 0. The third kappa shape index (κ3) is 2.25. The van der Waals surface area contributed by atoms with E-state index in [2.05, 4.69) is 15.4 Å². The lowest BCUT2D eigenvalue weighted by Crippen LogP contribution is -2.04. The van der Waals surface area contributed by atoms with Crippen LogP contribution in [0.2, 0.25) is 0 Å². The fourth-order valence-electron chi connectivity index (χ4n) is 2.07. The summed E-state index contributed by atoms with van der Waals surface area (Å²) in [5.41, 5.74) is 0.564. The van der Waals surface area contributed by atoms with E-state index < -0.39 is 30.0 Å². The van der Waals surface area contributed by atoms with Gasteiger partial charge in [0.2, 0.25) is 0 Å². The monoisotopic (exact) mass is 329 g/mol. The number of rotatable bonds is 2. The van der Waals surface area contributed by atoms with Crippen molar-refractivity contribution in [2.24, 2.45) is 0 Å². The van der Waals surface area contributed by atoms with Crippen molar-refractivity contribution in [1.82, 2.24) is 15.4 Å². The molecule has 0 saturated heterocycles. The topological polar surface area (TPSA) is 150 Å². The molecule has 3 N–H and O–H groups in total. The summed E-state index contributed by atoms with van der Waals surface area (Å²) in [5.74, 6) is 0. The van der Waals surface area contributed by atoms with Crippen LogP contribution in [-0.4, -0.2) is 41.4 Å². The molecule has 3 aromatic rings. The molecule has 0 unspecified atom stereocenters. The summed E-state index contributed by atoms with van der Waals surface area (Å²) in [6.07, 6.45) is 0. The zero-order valence-electron chi connectivity index (χ0n) is 10.0. The quantitative estimate of drug-likeness (QED) is 0.578. The minimum atomic E-state index is -4.73. The minimum absolute atomic E-state index is 0.0346. The van der Waals surface area contributed by atoms with Crippen molar-refractivity contribution < 1.29 is 25.9 Å². The molecule has 3 rings (SSSR count). The van der Waals surface area contributed by atoms with Crippen LogP contribution >= 0.6 is 0 Å². The molecule has 1 heterocycles. The van der Waals surface area contributed by atoms with Crippen molar-refractivity contribution in [2.75, 3.05) is 0 Å². The summed E-state index contributed by atoms with van der Waals surface area (Å²) in [6, 6.07) is 4.65. The number of benzene rings is 2. The Morgan fingerprint density at radius 1 is 1.00 bits per heavy atom. The van der Waals surface area contributed by atoms with E-state index in [1.54, 1.807) is 0 Å². The number of nitrogens with zero attached hydrogens (tertiary/aromatic N) is 2. The van der Waals surface area contributed by atoms with Gasteiger partial charge >= 0.3 is 0 Å². The van der Waals surface area contributed by atoms with Gasteiger partial charge in [0.25, 0.3) is 20.2 Å². The van der Waals surface area contributed by atoms with Crippen molar-refractivity contribution in [2.45, 2.75) is 9.79 Å². The van der Waals surface area contributed by atoms with Gasteiger partial charge in [0.05, 0.1) is 10.4 Å². The van der Waals surface area contributed by atoms with Crippen LogP contribution in [0.1, 0.15) is 0 Å². The number of hydrogen-bond acceptors (Lipinski definition) is 6. The molecule has 2 aromatic carbocycles. The third-order valence-electron chi connectivity index (χ3n) is 2.93. The van der Waals surface area contributed by atoms with Crippen LogP contribution in [0, 0.1) is 0 Å².